The van der Waals surface area contributed by atoms with E-state index in [2.05, 4.69) is 25.6 Å². The van der Waals surface area contributed by atoms with Crippen molar-refractivity contribution >= 4 is 5.95 Å². The highest BCUT2D eigenvalue weighted by Gasteiger charge is 1.99. The van der Waals surface area contributed by atoms with Gasteiger partial charge in [0.25, 0.3) is 0 Å². The highest BCUT2D eigenvalue weighted by Crippen LogP contribution is 2.16. The zero-order chi connectivity index (χ0) is 11.9. The van der Waals surface area contributed by atoms with Crippen LogP contribution >= 0.6 is 0 Å². The molecule has 2 heterocycles. The summed E-state index contributed by atoms with van der Waals surface area (Å²) in [6, 6.07) is 3.87. The first kappa shape index (κ1) is 11.5. The summed E-state index contributed by atoms with van der Waals surface area (Å²) < 4.78 is 0. The monoisotopic (exact) mass is 229 g/mol. The van der Waals surface area contributed by atoms with E-state index in [1.54, 1.807) is 12.4 Å². The van der Waals surface area contributed by atoms with E-state index in [4.69, 9.17) is 0 Å². The van der Waals surface area contributed by atoms with Crippen molar-refractivity contribution in [1.82, 2.24) is 20.3 Å². The van der Waals surface area contributed by atoms with Crippen LogP contribution in [0.25, 0.3) is 11.1 Å². The van der Waals surface area contributed by atoms with Gasteiger partial charge in [-0.3, -0.25) is 4.98 Å². The van der Waals surface area contributed by atoms with Crippen molar-refractivity contribution in [3.63, 3.8) is 0 Å². The molecule has 17 heavy (non-hydrogen) atoms. The van der Waals surface area contributed by atoms with Gasteiger partial charge in [0, 0.05) is 43.4 Å². The Kier molecular flexibility index (Phi) is 3.99. The maximum absolute atomic E-state index is 4.26. The van der Waals surface area contributed by atoms with Crippen LogP contribution in [0, 0.1) is 0 Å². The molecule has 0 radical (unpaired) electrons. The molecule has 2 aromatic heterocycles. The predicted octanol–water partition coefficient (Wildman–Crippen LogP) is 1.17. The Bertz CT molecular complexity index is 440. The summed E-state index contributed by atoms with van der Waals surface area (Å²) in [5.74, 6) is 0.651. The van der Waals surface area contributed by atoms with E-state index >= 15 is 0 Å². The van der Waals surface area contributed by atoms with Gasteiger partial charge in [-0.25, -0.2) is 9.97 Å². The highest BCUT2D eigenvalue weighted by atomic mass is 15.1. The van der Waals surface area contributed by atoms with Crippen LogP contribution in [0.4, 0.5) is 5.95 Å². The largest absolute Gasteiger partial charge is 0.353 e. The highest BCUT2D eigenvalue weighted by molar-refractivity contribution is 5.61. The number of nitrogens with zero attached hydrogens (tertiary/aromatic N) is 3. The van der Waals surface area contributed by atoms with Crippen LogP contribution in [0.1, 0.15) is 0 Å². The van der Waals surface area contributed by atoms with Gasteiger partial charge in [-0.1, -0.05) is 0 Å². The predicted molar refractivity (Wildman–Crippen MR) is 67.7 cm³/mol. The Morgan fingerprint density at radius 2 is 1.71 bits per heavy atom. The van der Waals surface area contributed by atoms with E-state index in [9.17, 15) is 0 Å². The van der Waals surface area contributed by atoms with E-state index in [1.165, 1.54) is 0 Å². The van der Waals surface area contributed by atoms with Gasteiger partial charge in [-0.2, -0.15) is 0 Å². The molecule has 0 saturated heterocycles. The molecular weight excluding hydrogens is 214 g/mol. The standard InChI is InChI=1S/C12H15N5/c1-13-6-7-15-12-16-8-11(9-17-12)10-2-4-14-5-3-10/h2-5,8-9,13H,6-7H2,1H3,(H,15,16,17). The van der Waals surface area contributed by atoms with E-state index < -0.39 is 0 Å². The lowest BCUT2D eigenvalue weighted by Gasteiger charge is -2.05. The van der Waals surface area contributed by atoms with Crippen LogP contribution in [-0.4, -0.2) is 35.1 Å². The maximum atomic E-state index is 4.26. The van der Waals surface area contributed by atoms with E-state index in [1.807, 2.05) is 31.6 Å². The Morgan fingerprint density at radius 3 is 2.35 bits per heavy atom. The molecule has 0 spiro atoms. The van der Waals surface area contributed by atoms with Gasteiger partial charge in [-0.05, 0) is 24.7 Å². The SMILES string of the molecule is CNCCNc1ncc(-c2ccncc2)cn1. The molecule has 2 rings (SSSR count). The number of pyridine rings is 1. The second-order valence-electron chi connectivity index (χ2n) is 3.56. The number of aromatic nitrogens is 3. The number of likely N-dealkylation sites (N-methyl/N-ethyl adjacent to an activating group) is 1. The minimum absolute atomic E-state index is 0.651. The first-order chi connectivity index (χ1) is 8.40. The van der Waals surface area contributed by atoms with E-state index in [-0.39, 0.29) is 0 Å². The second-order valence-corrected chi connectivity index (χ2v) is 3.56. The molecule has 5 nitrogen and oxygen atoms in total. The number of nitrogens with one attached hydrogen (secondary N) is 2. The first-order valence-corrected chi connectivity index (χ1v) is 5.51. The summed E-state index contributed by atoms with van der Waals surface area (Å²) in [4.78, 5) is 12.5. The fraction of sp³-hybridized carbons (Fsp3) is 0.250. The minimum Gasteiger partial charge on any atom is -0.353 e. The van der Waals surface area contributed by atoms with E-state index in [0.717, 1.165) is 24.2 Å². The molecule has 0 saturated carbocycles. The molecule has 0 fully saturated rings. The smallest absolute Gasteiger partial charge is 0.222 e. The first-order valence-electron chi connectivity index (χ1n) is 5.51. The molecule has 0 aliphatic rings. The summed E-state index contributed by atoms with van der Waals surface area (Å²) >= 11 is 0. The summed E-state index contributed by atoms with van der Waals surface area (Å²) in [6.07, 6.45) is 7.14. The lowest BCUT2D eigenvalue weighted by molar-refractivity contribution is 0.817. The van der Waals surface area contributed by atoms with Gasteiger partial charge in [0.1, 0.15) is 0 Å². The molecule has 2 aromatic rings. The van der Waals surface area contributed by atoms with Crippen molar-refractivity contribution in [2.75, 3.05) is 25.5 Å². The van der Waals surface area contributed by atoms with Gasteiger partial charge in [0.05, 0.1) is 0 Å². The molecule has 0 bridgehead atoms. The molecule has 0 atom stereocenters. The quantitative estimate of drug-likeness (QED) is 0.754. The summed E-state index contributed by atoms with van der Waals surface area (Å²) in [7, 11) is 1.91. The van der Waals surface area contributed by atoms with Crippen LogP contribution in [0.15, 0.2) is 36.9 Å². The van der Waals surface area contributed by atoms with Gasteiger partial charge in [0.2, 0.25) is 5.95 Å². The fourth-order valence-electron chi connectivity index (χ4n) is 1.41. The van der Waals surface area contributed by atoms with Crippen molar-refractivity contribution in [1.29, 1.82) is 0 Å². The molecule has 0 unspecified atom stereocenters. The third-order valence-corrected chi connectivity index (χ3v) is 2.32. The van der Waals surface area contributed by atoms with Crippen LogP contribution in [0.2, 0.25) is 0 Å². The van der Waals surface area contributed by atoms with Gasteiger partial charge < -0.3 is 10.6 Å². The van der Waals surface area contributed by atoms with Crippen molar-refractivity contribution in [2.45, 2.75) is 0 Å². The van der Waals surface area contributed by atoms with Crippen LogP contribution in [0.5, 0.6) is 0 Å². The van der Waals surface area contributed by atoms with Crippen LogP contribution in [0.3, 0.4) is 0 Å². The molecule has 5 heteroatoms. The van der Waals surface area contributed by atoms with Crippen molar-refractivity contribution < 1.29 is 0 Å². The molecule has 0 aromatic carbocycles. The van der Waals surface area contributed by atoms with Gasteiger partial charge in [-0.15, -0.1) is 0 Å². The number of hydrogen-bond acceptors (Lipinski definition) is 5. The Labute approximate surface area is 100 Å². The molecule has 88 valence electrons. The third kappa shape index (κ3) is 3.22. The Hall–Kier alpha value is -2.01. The maximum Gasteiger partial charge on any atom is 0.222 e. The number of hydrogen-bond donors (Lipinski definition) is 2. The second kappa shape index (κ2) is 5.91. The van der Waals surface area contributed by atoms with Gasteiger partial charge in [0.15, 0.2) is 0 Å². The average molecular weight is 229 g/mol. The summed E-state index contributed by atoms with van der Waals surface area (Å²) in [6.45, 7) is 1.70. The fourth-order valence-corrected chi connectivity index (χ4v) is 1.41. The summed E-state index contributed by atoms with van der Waals surface area (Å²) in [5.41, 5.74) is 2.06. The van der Waals surface area contributed by atoms with Crippen molar-refractivity contribution in [3.8, 4) is 11.1 Å². The van der Waals surface area contributed by atoms with Crippen molar-refractivity contribution in [2.24, 2.45) is 0 Å². The van der Waals surface area contributed by atoms with E-state index in [0.29, 0.717) is 5.95 Å². The lowest BCUT2D eigenvalue weighted by Crippen LogP contribution is -2.18. The molecule has 0 aliphatic carbocycles. The van der Waals surface area contributed by atoms with Gasteiger partial charge >= 0.3 is 0 Å². The Balaban J connectivity index is 2.03. The number of anilines is 1. The third-order valence-electron chi connectivity index (χ3n) is 2.32. The van der Waals surface area contributed by atoms with Crippen LogP contribution < -0.4 is 10.6 Å². The molecule has 0 amide bonds. The topological polar surface area (TPSA) is 62.7 Å². The normalized spacial score (nSPS) is 10.2. The zero-order valence-electron chi connectivity index (χ0n) is 9.72. The molecule has 2 N–H and O–H groups in total. The van der Waals surface area contributed by atoms with Crippen LogP contribution in [-0.2, 0) is 0 Å². The zero-order valence-corrected chi connectivity index (χ0v) is 9.72. The molecular formula is C12H15N5. The summed E-state index contributed by atoms with van der Waals surface area (Å²) in [5, 5.41) is 6.18. The number of rotatable bonds is 5. The Morgan fingerprint density at radius 1 is 1.00 bits per heavy atom. The van der Waals surface area contributed by atoms with Crippen molar-refractivity contribution in [3.05, 3.63) is 36.9 Å². The lowest BCUT2D eigenvalue weighted by atomic mass is 10.1. The minimum atomic E-state index is 0.651. The average Bonchev–Trinajstić information content (AvgIpc) is 2.41. The molecule has 0 aliphatic heterocycles.